The quantitative estimate of drug-likeness (QED) is 0.504. The number of hydrogen-bond donors (Lipinski definition) is 1. The third-order valence-electron chi connectivity index (χ3n) is 4.82. The molecule has 3 heteroatoms. The van der Waals surface area contributed by atoms with Crippen LogP contribution >= 0.6 is 0 Å². The van der Waals surface area contributed by atoms with Crippen molar-refractivity contribution >= 4 is 17.1 Å². The molecule has 3 aromatic carbocycles. The lowest BCUT2D eigenvalue weighted by Gasteiger charge is -2.27. The van der Waals surface area contributed by atoms with E-state index in [4.69, 9.17) is 4.74 Å². The van der Waals surface area contributed by atoms with Gasteiger partial charge in [-0.25, -0.2) is 0 Å². The van der Waals surface area contributed by atoms with E-state index < -0.39 is 6.29 Å². The largest absolute Gasteiger partial charge is 0.465 e. The maximum absolute atomic E-state index is 10.1. The topological polar surface area (TPSA) is 32.7 Å². The van der Waals surface area contributed by atoms with Crippen LogP contribution in [0, 0.1) is 26.7 Å². The van der Waals surface area contributed by atoms with Crippen LogP contribution in [0.25, 0.3) is 0 Å². The van der Waals surface area contributed by atoms with Gasteiger partial charge >= 0.3 is 0 Å². The zero-order valence-corrected chi connectivity index (χ0v) is 17.3. The van der Waals surface area contributed by atoms with Crippen LogP contribution in [0.1, 0.15) is 30.5 Å². The van der Waals surface area contributed by atoms with Gasteiger partial charge in [-0.05, 0) is 68.8 Å². The zero-order valence-electron chi connectivity index (χ0n) is 17.3. The Balaban J connectivity index is 2.01. The Hall–Kier alpha value is -2.78. The van der Waals surface area contributed by atoms with Crippen LogP contribution in [0.3, 0.4) is 0 Å². The first-order valence-corrected chi connectivity index (χ1v) is 9.74. The second-order valence-electron chi connectivity index (χ2n) is 7.71. The molecule has 0 saturated carbocycles. The summed E-state index contributed by atoms with van der Waals surface area (Å²) in [4.78, 5) is 2.23. The fraction of sp³-hybridized carbons (Fsp3) is 0.280. The fourth-order valence-corrected chi connectivity index (χ4v) is 3.01. The van der Waals surface area contributed by atoms with E-state index in [0.717, 1.165) is 22.6 Å². The molecular weight excluding hydrogens is 346 g/mol. The molecule has 3 rings (SSSR count). The second kappa shape index (κ2) is 8.49. The molecule has 0 aliphatic rings. The minimum atomic E-state index is -0.810. The standard InChI is InChI=1S/C25H29NO2/c1-17(2)25(27)28-24-15-14-23(16-20(24)5)26(21-10-6-18(3)7-11-21)22-12-8-19(4)9-13-22/h6-17,25,27H,1-5H3. The highest BCUT2D eigenvalue weighted by atomic mass is 16.6. The molecule has 1 atom stereocenters. The second-order valence-corrected chi connectivity index (χ2v) is 7.71. The summed E-state index contributed by atoms with van der Waals surface area (Å²) >= 11 is 0. The van der Waals surface area contributed by atoms with E-state index in [1.807, 2.05) is 32.9 Å². The summed E-state index contributed by atoms with van der Waals surface area (Å²) in [6.07, 6.45) is -0.810. The Morgan fingerprint density at radius 1 is 0.714 bits per heavy atom. The van der Waals surface area contributed by atoms with Crippen molar-refractivity contribution < 1.29 is 9.84 Å². The van der Waals surface area contributed by atoms with Gasteiger partial charge in [0, 0.05) is 23.0 Å². The van der Waals surface area contributed by atoms with Gasteiger partial charge in [0.2, 0.25) is 0 Å². The molecule has 0 saturated heterocycles. The van der Waals surface area contributed by atoms with E-state index in [1.54, 1.807) is 0 Å². The molecule has 3 aromatic rings. The molecule has 28 heavy (non-hydrogen) atoms. The molecule has 0 heterocycles. The fourth-order valence-electron chi connectivity index (χ4n) is 3.01. The first kappa shape index (κ1) is 20.0. The van der Waals surface area contributed by atoms with E-state index in [1.165, 1.54) is 11.1 Å². The highest BCUT2D eigenvalue weighted by Gasteiger charge is 2.16. The predicted octanol–water partition coefficient (Wildman–Crippen LogP) is 6.43. The van der Waals surface area contributed by atoms with Gasteiger partial charge in [0.1, 0.15) is 5.75 Å². The first-order valence-electron chi connectivity index (χ1n) is 9.74. The molecule has 1 N–H and O–H groups in total. The Labute approximate surface area is 168 Å². The number of hydrogen-bond acceptors (Lipinski definition) is 3. The molecule has 0 aliphatic carbocycles. The molecule has 0 amide bonds. The van der Waals surface area contributed by atoms with Crippen molar-refractivity contribution in [3.05, 3.63) is 83.4 Å². The lowest BCUT2D eigenvalue weighted by molar-refractivity contribution is -0.0519. The number of anilines is 3. The van der Waals surface area contributed by atoms with Crippen LogP contribution in [0.2, 0.25) is 0 Å². The lowest BCUT2D eigenvalue weighted by Crippen LogP contribution is -2.22. The Morgan fingerprint density at radius 2 is 1.18 bits per heavy atom. The normalized spacial score (nSPS) is 12.1. The average molecular weight is 376 g/mol. The molecule has 0 bridgehead atoms. The van der Waals surface area contributed by atoms with Gasteiger partial charge in [0.05, 0.1) is 0 Å². The first-order chi connectivity index (χ1) is 13.3. The number of ether oxygens (including phenoxy) is 1. The maximum atomic E-state index is 10.1. The van der Waals surface area contributed by atoms with Gasteiger partial charge < -0.3 is 14.7 Å². The van der Waals surface area contributed by atoms with Crippen LogP contribution in [-0.2, 0) is 0 Å². The summed E-state index contributed by atoms with van der Waals surface area (Å²) in [5.74, 6) is 0.744. The number of rotatable bonds is 6. The van der Waals surface area contributed by atoms with E-state index in [0.29, 0.717) is 5.75 Å². The van der Waals surface area contributed by atoms with Crippen molar-refractivity contribution in [2.75, 3.05) is 4.90 Å². The minimum absolute atomic E-state index is 0.0377. The summed E-state index contributed by atoms with van der Waals surface area (Å²) in [5.41, 5.74) is 6.71. The molecule has 1 unspecified atom stereocenters. The monoisotopic (exact) mass is 375 g/mol. The Bertz CT molecular complexity index is 869. The zero-order chi connectivity index (χ0) is 20.3. The van der Waals surface area contributed by atoms with Crippen molar-refractivity contribution in [1.29, 1.82) is 0 Å². The number of aryl methyl sites for hydroxylation is 3. The predicted molar refractivity (Wildman–Crippen MR) is 117 cm³/mol. The molecule has 0 aromatic heterocycles. The molecule has 0 radical (unpaired) electrons. The smallest absolute Gasteiger partial charge is 0.199 e. The van der Waals surface area contributed by atoms with Crippen molar-refractivity contribution in [2.24, 2.45) is 5.92 Å². The molecule has 0 aliphatic heterocycles. The van der Waals surface area contributed by atoms with Crippen molar-refractivity contribution in [2.45, 2.75) is 40.9 Å². The van der Waals surface area contributed by atoms with Crippen LogP contribution < -0.4 is 9.64 Å². The maximum Gasteiger partial charge on any atom is 0.199 e. The molecule has 0 fully saturated rings. The van der Waals surface area contributed by atoms with Crippen LogP contribution in [0.4, 0.5) is 17.1 Å². The Kier molecular flexibility index (Phi) is 6.05. The molecular formula is C25H29NO2. The van der Waals surface area contributed by atoms with Crippen molar-refractivity contribution in [1.82, 2.24) is 0 Å². The average Bonchev–Trinajstić information content (AvgIpc) is 2.67. The van der Waals surface area contributed by atoms with E-state index in [9.17, 15) is 5.11 Å². The molecule has 3 nitrogen and oxygen atoms in total. The summed E-state index contributed by atoms with van der Waals surface area (Å²) in [6, 6.07) is 23.1. The number of aliphatic hydroxyl groups is 1. The summed E-state index contributed by atoms with van der Waals surface area (Å²) in [5, 5.41) is 10.1. The highest BCUT2D eigenvalue weighted by molar-refractivity contribution is 5.77. The van der Waals surface area contributed by atoms with Crippen molar-refractivity contribution in [3.63, 3.8) is 0 Å². The summed E-state index contributed by atoms with van der Waals surface area (Å²) in [7, 11) is 0. The SMILES string of the molecule is Cc1ccc(N(c2ccc(C)cc2)c2ccc(OC(O)C(C)C)c(C)c2)cc1. The molecule has 146 valence electrons. The van der Waals surface area contributed by atoms with Gasteiger partial charge in [-0.2, -0.15) is 0 Å². The van der Waals surface area contributed by atoms with E-state index >= 15 is 0 Å². The lowest BCUT2D eigenvalue weighted by atomic mass is 10.1. The van der Waals surface area contributed by atoms with E-state index in [-0.39, 0.29) is 5.92 Å². The van der Waals surface area contributed by atoms with Gasteiger partial charge in [0.15, 0.2) is 6.29 Å². The van der Waals surface area contributed by atoms with Gasteiger partial charge in [-0.15, -0.1) is 0 Å². The summed E-state index contributed by atoms with van der Waals surface area (Å²) < 4.78 is 5.72. The Morgan fingerprint density at radius 3 is 1.61 bits per heavy atom. The van der Waals surface area contributed by atoms with Gasteiger partial charge in [-0.1, -0.05) is 49.2 Å². The van der Waals surface area contributed by atoms with Gasteiger partial charge in [0.25, 0.3) is 0 Å². The summed E-state index contributed by atoms with van der Waals surface area (Å²) in [6.45, 7) is 10.1. The third kappa shape index (κ3) is 4.55. The molecule has 0 spiro atoms. The minimum Gasteiger partial charge on any atom is -0.465 e. The third-order valence-corrected chi connectivity index (χ3v) is 4.82. The van der Waals surface area contributed by atoms with Crippen LogP contribution in [0.5, 0.6) is 5.75 Å². The van der Waals surface area contributed by atoms with Gasteiger partial charge in [-0.3, -0.25) is 0 Å². The van der Waals surface area contributed by atoms with Crippen LogP contribution in [-0.4, -0.2) is 11.4 Å². The number of nitrogens with zero attached hydrogens (tertiary/aromatic N) is 1. The van der Waals surface area contributed by atoms with E-state index in [2.05, 4.69) is 73.3 Å². The highest BCUT2D eigenvalue weighted by Crippen LogP contribution is 2.37. The number of benzene rings is 3. The van der Waals surface area contributed by atoms with Crippen LogP contribution in [0.15, 0.2) is 66.7 Å². The number of aliphatic hydroxyl groups excluding tert-OH is 1. The van der Waals surface area contributed by atoms with Crippen molar-refractivity contribution in [3.8, 4) is 5.75 Å².